The van der Waals surface area contributed by atoms with Crippen molar-refractivity contribution in [2.75, 3.05) is 19.0 Å². The van der Waals surface area contributed by atoms with Crippen molar-refractivity contribution < 1.29 is 19.4 Å². The van der Waals surface area contributed by atoms with Crippen LogP contribution in [0.1, 0.15) is 13.8 Å². The van der Waals surface area contributed by atoms with E-state index in [1.54, 1.807) is 45.2 Å². The molecule has 0 unspecified atom stereocenters. The fraction of sp³-hybridized carbons (Fsp3) is 0.385. The number of aliphatic carboxylic acids is 1. The van der Waals surface area contributed by atoms with E-state index < -0.39 is 17.4 Å². The van der Waals surface area contributed by atoms with E-state index in [-0.39, 0.29) is 6.54 Å². The Morgan fingerprint density at radius 2 is 1.84 bits per heavy atom. The fourth-order valence-corrected chi connectivity index (χ4v) is 1.23. The number of hydrogen-bond acceptors (Lipinski definition) is 3. The van der Waals surface area contributed by atoms with Crippen molar-refractivity contribution in [3.63, 3.8) is 0 Å². The predicted molar refractivity (Wildman–Crippen MR) is 71.4 cm³/mol. The molecule has 104 valence electrons. The lowest BCUT2D eigenvalue weighted by molar-refractivity contribution is -0.146. The number of ether oxygens (including phenoxy) is 1. The molecule has 0 aromatic heterocycles. The number of carbonyl (C=O) groups is 2. The molecule has 1 aromatic rings. The first-order valence-corrected chi connectivity index (χ1v) is 5.77. The molecule has 3 N–H and O–H groups in total. The van der Waals surface area contributed by atoms with Gasteiger partial charge in [-0.05, 0) is 38.1 Å². The third-order valence-electron chi connectivity index (χ3n) is 2.62. The van der Waals surface area contributed by atoms with Gasteiger partial charge in [-0.1, -0.05) is 0 Å². The number of carboxylic acid groups (broad SMARTS) is 1. The highest BCUT2D eigenvalue weighted by atomic mass is 16.5. The fourth-order valence-electron chi connectivity index (χ4n) is 1.23. The maximum absolute atomic E-state index is 11.6. The number of carbonyl (C=O) groups excluding carboxylic acids is 1. The molecule has 0 atom stereocenters. The molecule has 0 aliphatic heterocycles. The molecule has 0 spiro atoms. The molecule has 6 nitrogen and oxygen atoms in total. The van der Waals surface area contributed by atoms with Crippen molar-refractivity contribution >= 4 is 17.7 Å². The number of urea groups is 1. The van der Waals surface area contributed by atoms with E-state index in [0.29, 0.717) is 11.4 Å². The van der Waals surface area contributed by atoms with Crippen molar-refractivity contribution in [2.45, 2.75) is 13.8 Å². The molecule has 19 heavy (non-hydrogen) atoms. The smallest absolute Gasteiger partial charge is 0.319 e. The number of amides is 2. The first-order valence-electron chi connectivity index (χ1n) is 5.77. The Labute approximate surface area is 111 Å². The normalized spacial score (nSPS) is 10.7. The van der Waals surface area contributed by atoms with Crippen molar-refractivity contribution in [1.82, 2.24) is 5.32 Å². The first-order chi connectivity index (χ1) is 8.85. The lowest BCUT2D eigenvalue weighted by atomic mass is 9.94. The summed E-state index contributed by atoms with van der Waals surface area (Å²) in [4.78, 5) is 22.5. The zero-order chi connectivity index (χ0) is 14.5. The molecular formula is C13H18N2O4. The summed E-state index contributed by atoms with van der Waals surface area (Å²) >= 11 is 0. The van der Waals surface area contributed by atoms with Gasteiger partial charge in [-0.25, -0.2) is 4.79 Å². The Morgan fingerprint density at radius 1 is 1.26 bits per heavy atom. The number of nitrogens with one attached hydrogen (secondary N) is 2. The number of carboxylic acids is 1. The largest absolute Gasteiger partial charge is 0.497 e. The third kappa shape index (κ3) is 4.50. The summed E-state index contributed by atoms with van der Waals surface area (Å²) in [6.45, 7) is 3.14. The molecular weight excluding hydrogens is 248 g/mol. The minimum Gasteiger partial charge on any atom is -0.497 e. The molecule has 0 aliphatic carbocycles. The number of hydrogen-bond donors (Lipinski definition) is 3. The van der Waals surface area contributed by atoms with Gasteiger partial charge in [0.05, 0.1) is 12.5 Å². The molecule has 2 amide bonds. The average molecular weight is 266 g/mol. The van der Waals surface area contributed by atoms with Crippen LogP contribution < -0.4 is 15.4 Å². The van der Waals surface area contributed by atoms with E-state index in [9.17, 15) is 9.59 Å². The maximum Gasteiger partial charge on any atom is 0.319 e. The second-order valence-electron chi connectivity index (χ2n) is 4.73. The van der Waals surface area contributed by atoms with Crippen molar-refractivity contribution in [2.24, 2.45) is 5.41 Å². The summed E-state index contributed by atoms with van der Waals surface area (Å²) in [5.41, 5.74) is -0.400. The molecule has 0 aliphatic rings. The first kappa shape index (κ1) is 14.8. The van der Waals surface area contributed by atoms with Gasteiger partial charge in [-0.3, -0.25) is 4.79 Å². The van der Waals surface area contributed by atoms with E-state index in [1.807, 2.05) is 0 Å². The van der Waals surface area contributed by atoms with Crippen LogP contribution in [0.3, 0.4) is 0 Å². The molecule has 0 bridgehead atoms. The van der Waals surface area contributed by atoms with Crippen molar-refractivity contribution in [3.8, 4) is 5.75 Å². The molecule has 1 rings (SSSR count). The summed E-state index contributed by atoms with van der Waals surface area (Å²) in [6.07, 6.45) is 0. The SMILES string of the molecule is COc1ccc(NC(=O)NCC(C)(C)C(=O)O)cc1. The van der Waals surface area contributed by atoms with Gasteiger partial charge in [-0.2, -0.15) is 0 Å². The van der Waals surface area contributed by atoms with Crippen LogP contribution in [-0.4, -0.2) is 30.8 Å². The Balaban J connectivity index is 2.49. The maximum atomic E-state index is 11.6. The highest BCUT2D eigenvalue weighted by molar-refractivity contribution is 5.89. The van der Waals surface area contributed by atoms with Crippen LogP contribution in [-0.2, 0) is 4.79 Å². The number of anilines is 1. The topological polar surface area (TPSA) is 87.7 Å². The summed E-state index contributed by atoms with van der Waals surface area (Å²) in [5.74, 6) is -0.268. The minimum absolute atomic E-state index is 0.0460. The number of rotatable bonds is 5. The van der Waals surface area contributed by atoms with Gasteiger partial charge >= 0.3 is 12.0 Å². The van der Waals surface area contributed by atoms with Gasteiger partial charge in [0, 0.05) is 12.2 Å². The predicted octanol–water partition coefficient (Wildman–Crippen LogP) is 1.93. The molecule has 0 saturated heterocycles. The molecule has 0 saturated carbocycles. The Hall–Kier alpha value is -2.24. The van der Waals surface area contributed by atoms with E-state index in [4.69, 9.17) is 9.84 Å². The van der Waals surface area contributed by atoms with Crippen LogP contribution in [0.2, 0.25) is 0 Å². The van der Waals surface area contributed by atoms with Crippen molar-refractivity contribution in [3.05, 3.63) is 24.3 Å². The second-order valence-corrected chi connectivity index (χ2v) is 4.73. The van der Waals surface area contributed by atoms with Crippen LogP contribution >= 0.6 is 0 Å². The van der Waals surface area contributed by atoms with Gasteiger partial charge < -0.3 is 20.5 Å². The highest BCUT2D eigenvalue weighted by Gasteiger charge is 2.27. The van der Waals surface area contributed by atoms with Crippen LogP contribution in [0.4, 0.5) is 10.5 Å². The lowest BCUT2D eigenvalue weighted by Crippen LogP contribution is -2.40. The van der Waals surface area contributed by atoms with Gasteiger partial charge in [0.25, 0.3) is 0 Å². The van der Waals surface area contributed by atoms with E-state index in [1.165, 1.54) is 0 Å². The molecule has 0 heterocycles. The van der Waals surface area contributed by atoms with E-state index in [0.717, 1.165) is 0 Å². The monoisotopic (exact) mass is 266 g/mol. The Morgan fingerprint density at radius 3 is 2.32 bits per heavy atom. The number of methoxy groups -OCH3 is 1. The van der Waals surface area contributed by atoms with Crippen molar-refractivity contribution in [1.29, 1.82) is 0 Å². The van der Waals surface area contributed by atoms with E-state index >= 15 is 0 Å². The van der Waals surface area contributed by atoms with Crippen LogP contribution in [0.25, 0.3) is 0 Å². The highest BCUT2D eigenvalue weighted by Crippen LogP contribution is 2.15. The third-order valence-corrected chi connectivity index (χ3v) is 2.62. The zero-order valence-electron chi connectivity index (χ0n) is 11.2. The quantitative estimate of drug-likeness (QED) is 0.759. The Kier molecular flexibility index (Phi) is 4.74. The molecule has 0 fully saturated rings. The Bertz CT molecular complexity index is 454. The molecule has 6 heteroatoms. The van der Waals surface area contributed by atoms with E-state index in [2.05, 4.69) is 10.6 Å². The summed E-state index contributed by atoms with van der Waals surface area (Å²) in [5, 5.41) is 14.0. The van der Waals surface area contributed by atoms with Gasteiger partial charge in [0.15, 0.2) is 0 Å². The molecule has 1 aromatic carbocycles. The summed E-state index contributed by atoms with van der Waals surface area (Å²) in [6, 6.07) is 6.38. The average Bonchev–Trinajstić information content (AvgIpc) is 2.37. The van der Waals surface area contributed by atoms with Crippen LogP contribution in [0.5, 0.6) is 5.75 Å². The van der Waals surface area contributed by atoms with Crippen LogP contribution in [0.15, 0.2) is 24.3 Å². The molecule has 0 radical (unpaired) electrons. The van der Waals surface area contributed by atoms with Gasteiger partial charge in [0.1, 0.15) is 5.75 Å². The summed E-state index contributed by atoms with van der Waals surface area (Å²) in [7, 11) is 1.56. The van der Waals surface area contributed by atoms with Gasteiger partial charge in [0.2, 0.25) is 0 Å². The minimum atomic E-state index is -1.00. The lowest BCUT2D eigenvalue weighted by Gasteiger charge is -2.19. The van der Waals surface area contributed by atoms with Gasteiger partial charge in [-0.15, -0.1) is 0 Å². The van der Waals surface area contributed by atoms with Crippen LogP contribution in [0, 0.1) is 5.41 Å². The number of benzene rings is 1. The standard InChI is InChI=1S/C13H18N2O4/c1-13(2,11(16)17)8-14-12(18)15-9-4-6-10(19-3)7-5-9/h4-7H,8H2,1-3H3,(H,16,17)(H2,14,15,18). The summed E-state index contributed by atoms with van der Waals surface area (Å²) < 4.78 is 5.00. The second kappa shape index (κ2) is 6.08. The zero-order valence-corrected chi connectivity index (χ0v) is 11.2.